The maximum atomic E-state index is 12.3. The molecule has 0 unspecified atom stereocenters. The van der Waals surface area contributed by atoms with Crippen molar-refractivity contribution in [3.05, 3.63) is 60.7 Å². The molecular formula is C24H34O4SSi. The predicted octanol–water partition coefficient (Wildman–Crippen LogP) is 3.69. The summed E-state index contributed by atoms with van der Waals surface area (Å²) in [4.78, 5) is 12.3. The molecule has 6 heteroatoms. The minimum atomic E-state index is -3.37. The van der Waals surface area contributed by atoms with Crippen LogP contribution in [0.15, 0.2) is 60.7 Å². The lowest BCUT2D eigenvalue weighted by Crippen LogP contribution is -2.65. The van der Waals surface area contributed by atoms with E-state index in [9.17, 15) is 13.2 Å². The van der Waals surface area contributed by atoms with Crippen LogP contribution in [0, 0.1) is 11.8 Å². The lowest BCUT2D eigenvalue weighted by Gasteiger charge is -2.44. The van der Waals surface area contributed by atoms with Gasteiger partial charge < -0.3 is 4.80 Å². The van der Waals surface area contributed by atoms with Crippen LogP contribution in [0.1, 0.15) is 46.0 Å². The summed E-state index contributed by atoms with van der Waals surface area (Å²) in [5.41, 5.74) is 0. The maximum Gasteiger partial charge on any atom is 0.264 e. The molecular weight excluding hydrogens is 412 g/mol. The van der Waals surface area contributed by atoms with Crippen LogP contribution in [0.25, 0.3) is 0 Å². The fraction of sp³-hybridized carbons (Fsp3) is 0.500. The van der Waals surface area contributed by atoms with E-state index in [1.807, 2.05) is 36.4 Å². The number of hydrogen-bond acceptors (Lipinski definition) is 4. The van der Waals surface area contributed by atoms with Gasteiger partial charge in [-0.2, -0.15) is 8.42 Å². The third kappa shape index (κ3) is 5.41. The highest BCUT2D eigenvalue weighted by Crippen LogP contribution is 2.45. The Balaban J connectivity index is 1.75. The maximum absolute atomic E-state index is 12.3. The summed E-state index contributed by atoms with van der Waals surface area (Å²) >= 11 is 0. The molecule has 2 aromatic rings. The van der Waals surface area contributed by atoms with E-state index in [0.717, 1.165) is 48.7 Å². The second kappa shape index (κ2) is 9.35. The molecule has 0 aliphatic heterocycles. The van der Waals surface area contributed by atoms with Crippen LogP contribution in [0.5, 0.6) is 0 Å². The molecule has 0 radical (unpaired) electrons. The summed E-state index contributed by atoms with van der Waals surface area (Å²) in [6.07, 6.45) is 6.13. The van der Waals surface area contributed by atoms with Crippen molar-refractivity contribution in [2.24, 2.45) is 11.8 Å². The zero-order valence-electron chi connectivity index (χ0n) is 18.3. The van der Waals surface area contributed by atoms with Gasteiger partial charge in [-0.25, -0.2) is 0 Å². The zero-order valence-corrected chi connectivity index (χ0v) is 20.1. The van der Waals surface area contributed by atoms with Gasteiger partial charge in [0.05, 0.1) is 12.9 Å². The summed E-state index contributed by atoms with van der Waals surface area (Å²) < 4.78 is 27.5. The Labute approximate surface area is 182 Å². The van der Waals surface area contributed by atoms with Gasteiger partial charge in [0.25, 0.3) is 18.4 Å². The first-order valence-electron chi connectivity index (χ1n) is 10.8. The monoisotopic (exact) mass is 446 g/mol. The first-order valence-corrected chi connectivity index (χ1v) is 14.6. The minimum absolute atomic E-state index is 0.240. The average Bonchev–Trinajstić information content (AvgIpc) is 2.73. The van der Waals surface area contributed by atoms with Crippen molar-refractivity contribution in [3.63, 3.8) is 0 Å². The first kappa shape index (κ1) is 23.2. The zero-order chi connectivity index (χ0) is 21.8. The topological polar surface area (TPSA) is 63.6 Å². The Morgan fingerprint density at radius 3 is 1.77 bits per heavy atom. The van der Waals surface area contributed by atoms with Crippen molar-refractivity contribution in [1.82, 2.24) is 0 Å². The normalized spacial score (nSPS) is 20.8. The van der Waals surface area contributed by atoms with Crippen molar-refractivity contribution in [1.29, 1.82) is 0 Å². The van der Waals surface area contributed by atoms with Gasteiger partial charge >= 0.3 is 0 Å². The van der Waals surface area contributed by atoms with Crippen molar-refractivity contribution in [2.75, 3.05) is 12.9 Å². The standard InChI is InChI=1S/C24H34O4SSi/c1-24(2,18-20-14-16-21(17-15-20)19-28-29(3,25)26)30(27,22-10-6-4-7-11-22)23-12-8-5-9-13-23/h4-13,20-21,27H,14-19H2,1-3H3. The van der Waals surface area contributed by atoms with Crippen LogP contribution in [-0.2, 0) is 14.3 Å². The van der Waals surface area contributed by atoms with E-state index in [1.54, 1.807) is 0 Å². The molecule has 3 rings (SSSR count). The molecule has 2 aromatic carbocycles. The number of hydrogen-bond donors (Lipinski definition) is 1. The van der Waals surface area contributed by atoms with E-state index < -0.39 is 18.4 Å². The first-order chi connectivity index (χ1) is 14.1. The van der Waals surface area contributed by atoms with Crippen LogP contribution in [-0.4, -0.2) is 34.4 Å². The largest absolute Gasteiger partial charge is 0.424 e. The van der Waals surface area contributed by atoms with E-state index in [0.29, 0.717) is 18.4 Å². The Bertz CT molecular complexity index is 865. The van der Waals surface area contributed by atoms with Gasteiger partial charge in [-0.05, 0) is 46.5 Å². The molecule has 30 heavy (non-hydrogen) atoms. The fourth-order valence-electron chi connectivity index (χ4n) is 5.00. The fourth-order valence-corrected chi connectivity index (χ4v) is 9.27. The molecule has 1 N–H and O–H groups in total. The number of benzene rings is 2. The average molecular weight is 447 g/mol. The molecule has 1 saturated carbocycles. The molecule has 0 aromatic heterocycles. The summed E-state index contributed by atoms with van der Waals surface area (Å²) in [6.45, 7) is 4.73. The minimum Gasteiger partial charge on any atom is -0.424 e. The summed E-state index contributed by atoms with van der Waals surface area (Å²) in [5, 5.41) is 1.86. The molecule has 0 amide bonds. The van der Waals surface area contributed by atoms with Gasteiger partial charge in [-0.3, -0.25) is 4.18 Å². The lowest BCUT2D eigenvalue weighted by atomic mass is 9.78. The third-order valence-corrected chi connectivity index (χ3v) is 11.7. The third-order valence-electron chi connectivity index (χ3n) is 6.65. The van der Waals surface area contributed by atoms with Crippen molar-refractivity contribution >= 4 is 28.8 Å². The molecule has 1 fully saturated rings. The molecule has 164 valence electrons. The van der Waals surface area contributed by atoms with Crippen LogP contribution >= 0.6 is 0 Å². The van der Waals surface area contributed by atoms with E-state index in [2.05, 4.69) is 38.1 Å². The van der Waals surface area contributed by atoms with Crippen LogP contribution < -0.4 is 10.4 Å². The highest BCUT2D eigenvalue weighted by molar-refractivity contribution is 7.85. The second-order valence-electron chi connectivity index (χ2n) is 9.41. The van der Waals surface area contributed by atoms with E-state index in [4.69, 9.17) is 4.18 Å². The van der Waals surface area contributed by atoms with Crippen molar-refractivity contribution < 1.29 is 17.4 Å². The Kier molecular flexibility index (Phi) is 7.23. The Morgan fingerprint density at radius 2 is 1.33 bits per heavy atom. The van der Waals surface area contributed by atoms with Gasteiger partial charge in [0.1, 0.15) is 0 Å². The molecule has 4 nitrogen and oxygen atoms in total. The van der Waals surface area contributed by atoms with Crippen molar-refractivity contribution in [3.8, 4) is 0 Å². The van der Waals surface area contributed by atoms with E-state index in [-0.39, 0.29) is 5.04 Å². The molecule has 1 aliphatic carbocycles. The number of rotatable bonds is 8. The van der Waals surface area contributed by atoms with Gasteiger partial charge in [-0.1, -0.05) is 87.4 Å². The van der Waals surface area contributed by atoms with Gasteiger partial charge in [0.2, 0.25) is 0 Å². The van der Waals surface area contributed by atoms with Crippen LogP contribution in [0.3, 0.4) is 0 Å². The Hall–Kier alpha value is -1.47. The molecule has 0 atom stereocenters. The quantitative estimate of drug-likeness (QED) is 0.496. The predicted molar refractivity (Wildman–Crippen MR) is 125 cm³/mol. The lowest BCUT2D eigenvalue weighted by molar-refractivity contribution is 0.177. The summed E-state index contributed by atoms with van der Waals surface area (Å²) in [5.74, 6) is 0.833. The highest BCUT2D eigenvalue weighted by Gasteiger charge is 2.50. The van der Waals surface area contributed by atoms with Crippen LogP contribution in [0.2, 0.25) is 5.04 Å². The second-order valence-corrected chi connectivity index (χ2v) is 15.0. The summed E-state index contributed by atoms with van der Waals surface area (Å²) in [7, 11) is -6.35. The Morgan fingerprint density at radius 1 is 0.900 bits per heavy atom. The van der Waals surface area contributed by atoms with Gasteiger partial charge in [0.15, 0.2) is 0 Å². The molecule has 0 heterocycles. The molecule has 1 aliphatic rings. The highest BCUT2D eigenvalue weighted by atomic mass is 32.2. The smallest absolute Gasteiger partial charge is 0.264 e. The van der Waals surface area contributed by atoms with E-state index in [1.165, 1.54) is 0 Å². The molecule has 0 bridgehead atoms. The molecule has 0 spiro atoms. The summed E-state index contributed by atoms with van der Waals surface area (Å²) in [6, 6.07) is 20.3. The van der Waals surface area contributed by atoms with Crippen LogP contribution in [0.4, 0.5) is 0 Å². The molecule has 0 saturated heterocycles. The SMILES string of the molecule is CC(C)(CC1CCC(COS(C)(=O)=O)CC1)[Si](O)(c1ccccc1)c1ccccc1. The van der Waals surface area contributed by atoms with Gasteiger partial charge in [-0.15, -0.1) is 0 Å². The van der Waals surface area contributed by atoms with E-state index >= 15 is 0 Å². The van der Waals surface area contributed by atoms with Gasteiger partial charge in [0, 0.05) is 0 Å². The van der Waals surface area contributed by atoms with Crippen molar-refractivity contribution in [2.45, 2.75) is 51.0 Å².